The van der Waals surface area contributed by atoms with Gasteiger partial charge in [-0.15, -0.1) is 0 Å². The molecule has 1 aromatic heterocycles. The lowest BCUT2D eigenvalue weighted by Crippen LogP contribution is -2.41. The van der Waals surface area contributed by atoms with Crippen LogP contribution in [0.3, 0.4) is 0 Å². The molecular formula is C14H20BNO4. The van der Waals surface area contributed by atoms with Crippen molar-refractivity contribution in [2.24, 2.45) is 0 Å². The Hall–Kier alpha value is -1.40. The van der Waals surface area contributed by atoms with Crippen LogP contribution < -0.4 is 5.59 Å². The number of carbonyl (C=O) groups is 1. The average Bonchev–Trinajstić information content (AvgIpc) is 2.66. The molecule has 2 heterocycles. The topological polar surface area (TPSA) is 57.7 Å². The Bertz CT molecular complexity index is 661. The van der Waals surface area contributed by atoms with Crippen molar-refractivity contribution >= 4 is 18.7 Å². The summed E-state index contributed by atoms with van der Waals surface area (Å²) in [6.45, 7) is 1.29. The van der Waals surface area contributed by atoms with Crippen LogP contribution in [-0.4, -0.2) is 35.8 Å². The van der Waals surface area contributed by atoms with E-state index in [2.05, 4.69) is 9.72 Å². The van der Waals surface area contributed by atoms with Crippen LogP contribution in [0.25, 0.3) is 0 Å². The van der Waals surface area contributed by atoms with E-state index in [0.717, 1.165) is 0 Å². The van der Waals surface area contributed by atoms with Crippen molar-refractivity contribution < 1.29 is 25.7 Å². The molecule has 108 valence electrons. The monoisotopic (exact) mass is 282 g/mol. The fourth-order valence-corrected chi connectivity index (χ4v) is 1.77. The van der Waals surface area contributed by atoms with E-state index in [4.69, 9.17) is 16.2 Å². The molecular weight excluding hydrogens is 257 g/mol. The van der Waals surface area contributed by atoms with Crippen molar-refractivity contribution in [3.05, 3.63) is 23.9 Å². The number of rotatable bonds is 3. The van der Waals surface area contributed by atoms with Gasteiger partial charge < -0.3 is 14.0 Å². The lowest BCUT2D eigenvalue weighted by molar-refractivity contribution is 0.00578. The normalized spacial score (nSPS) is 25.0. The van der Waals surface area contributed by atoms with E-state index >= 15 is 0 Å². The first kappa shape index (κ1) is 9.52. The van der Waals surface area contributed by atoms with Crippen LogP contribution in [0.15, 0.2) is 18.3 Å². The predicted octanol–water partition coefficient (Wildman–Crippen LogP) is 1.56. The summed E-state index contributed by atoms with van der Waals surface area (Å²) in [6, 6.07) is 2.63. The summed E-state index contributed by atoms with van der Waals surface area (Å²) in [5, 5.41) is 0. The van der Waals surface area contributed by atoms with Gasteiger partial charge in [-0.3, -0.25) is 4.98 Å². The number of ether oxygens (including phenoxy) is 1. The zero-order valence-electron chi connectivity index (χ0n) is 16.9. The quantitative estimate of drug-likeness (QED) is 0.622. The number of hydrogen-bond acceptors (Lipinski definition) is 5. The molecule has 5 nitrogen and oxygen atoms in total. The second kappa shape index (κ2) is 5.18. The standard InChI is InChI=1S/C14H20BNO4/c1-6-18-12(17)10-7-8-16-11(9-10)15-19-13(2,3)14(4,5)20-15/h7-9H,6H2,1-5H3/i1D3,6D2. The number of pyridine rings is 1. The Balaban J connectivity index is 2.22. The third-order valence-corrected chi connectivity index (χ3v) is 3.66. The Labute approximate surface area is 126 Å². The van der Waals surface area contributed by atoms with E-state index in [-0.39, 0.29) is 5.56 Å². The summed E-state index contributed by atoms with van der Waals surface area (Å²) in [7, 11) is -0.808. The summed E-state index contributed by atoms with van der Waals surface area (Å²) in [5.41, 5.74) is -0.918. The van der Waals surface area contributed by atoms with E-state index < -0.39 is 37.7 Å². The highest BCUT2D eigenvalue weighted by atomic mass is 16.7. The Morgan fingerprint density at radius 1 is 1.45 bits per heavy atom. The summed E-state index contributed by atoms with van der Waals surface area (Å²) in [4.78, 5) is 16.2. The Kier molecular flexibility index (Phi) is 2.47. The van der Waals surface area contributed by atoms with Crippen molar-refractivity contribution in [3.63, 3.8) is 0 Å². The largest absolute Gasteiger partial charge is 0.514 e. The fourth-order valence-electron chi connectivity index (χ4n) is 1.77. The van der Waals surface area contributed by atoms with Crippen molar-refractivity contribution in [1.82, 2.24) is 4.98 Å². The van der Waals surface area contributed by atoms with Crippen LogP contribution in [0.2, 0.25) is 0 Å². The lowest BCUT2D eigenvalue weighted by atomic mass is 9.83. The van der Waals surface area contributed by atoms with Gasteiger partial charge >= 0.3 is 13.1 Å². The van der Waals surface area contributed by atoms with Crippen molar-refractivity contribution in [2.75, 3.05) is 6.56 Å². The molecule has 1 aliphatic rings. The van der Waals surface area contributed by atoms with Crippen LogP contribution in [0.5, 0.6) is 0 Å². The first-order valence-corrected chi connectivity index (χ1v) is 6.21. The molecule has 1 aliphatic heterocycles. The van der Waals surface area contributed by atoms with Gasteiger partial charge in [0.25, 0.3) is 0 Å². The molecule has 20 heavy (non-hydrogen) atoms. The second-order valence-electron chi connectivity index (χ2n) is 5.55. The molecule has 1 fully saturated rings. The van der Waals surface area contributed by atoms with Crippen LogP contribution in [-0.2, 0) is 14.0 Å². The summed E-state index contributed by atoms with van der Waals surface area (Å²) in [5.74, 6) is -1.11. The molecule has 0 radical (unpaired) electrons. The SMILES string of the molecule is [2H]C([2H])([2H])C([2H])([2H])OC(=O)c1ccnc(B2OC(C)(C)C(C)(C)O2)c1. The number of aromatic nitrogens is 1. The molecule has 1 aromatic rings. The molecule has 0 spiro atoms. The molecule has 1 saturated heterocycles. The third-order valence-electron chi connectivity index (χ3n) is 3.66. The van der Waals surface area contributed by atoms with E-state index in [1.807, 2.05) is 27.7 Å². The first-order chi connectivity index (χ1) is 11.2. The minimum absolute atomic E-state index is 0.0483. The highest BCUT2D eigenvalue weighted by molar-refractivity contribution is 6.61. The summed E-state index contributed by atoms with van der Waals surface area (Å²) >= 11 is 0. The van der Waals surface area contributed by atoms with Gasteiger partial charge in [0.2, 0.25) is 0 Å². The van der Waals surface area contributed by atoms with Gasteiger partial charge in [0.05, 0.1) is 31.7 Å². The molecule has 0 amide bonds. The molecule has 0 saturated carbocycles. The molecule has 0 bridgehead atoms. The van der Waals surface area contributed by atoms with Gasteiger partial charge in [0.15, 0.2) is 0 Å². The molecule has 0 atom stereocenters. The zero-order chi connectivity index (χ0) is 19.3. The Morgan fingerprint density at radius 3 is 2.70 bits per heavy atom. The fraction of sp³-hybridized carbons (Fsp3) is 0.571. The molecule has 0 N–H and O–H groups in total. The number of hydrogen-bond donors (Lipinski definition) is 0. The second-order valence-corrected chi connectivity index (χ2v) is 5.55. The highest BCUT2D eigenvalue weighted by Gasteiger charge is 2.52. The van der Waals surface area contributed by atoms with Gasteiger partial charge in [-0.1, -0.05) is 0 Å². The number of nitrogens with zero attached hydrogens (tertiary/aromatic N) is 1. The molecule has 0 unspecified atom stereocenters. The number of esters is 1. The first-order valence-electron chi connectivity index (χ1n) is 8.71. The van der Waals surface area contributed by atoms with Gasteiger partial charge in [-0.05, 0) is 46.7 Å². The van der Waals surface area contributed by atoms with Crippen LogP contribution in [0.4, 0.5) is 0 Å². The maximum absolute atomic E-state index is 12.1. The van der Waals surface area contributed by atoms with Crippen LogP contribution >= 0.6 is 0 Å². The van der Waals surface area contributed by atoms with Crippen molar-refractivity contribution in [1.29, 1.82) is 0 Å². The van der Waals surface area contributed by atoms with E-state index in [1.165, 1.54) is 18.3 Å². The molecule has 6 heteroatoms. The van der Waals surface area contributed by atoms with Gasteiger partial charge in [0.1, 0.15) is 0 Å². The minimum Gasteiger partial charge on any atom is -0.462 e. The average molecular weight is 282 g/mol. The zero-order valence-corrected chi connectivity index (χ0v) is 11.9. The minimum atomic E-state index is -3.10. The Morgan fingerprint density at radius 2 is 2.10 bits per heavy atom. The molecule has 0 aromatic carbocycles. The molecule has 0 aliphatic carbocycles. The predicted molar refractivity (Wildman–Crippen MR) is 75.9 cm³/mol. The van der Waals surface area contributed by atoms with Crippen LogP contribution in [0.1, 0.15) is 51.8 Å². The van der Waals surface area contributed by atoms with Crippen molar-refractivity contribution in [2.45, 2.75) is 45.7 Å². The van der Waals surface area contributed by atoms with E-state index in [0.29, 0.717) is 5.59 Å². The smallest absolute Gasteiger partial charge is 0.462 e. The maximum Gasteiger partial charge on any atom is 0.514 e. The lowest BCUT2D eigenvalue weighted by Gasteiger charge is -2.32. The third kappa shape index (κ3) is 2.71. The molecule has 2 rings (SSSR count). The van der Waals surface area contributed by atoms with Crippen molar-refractivity contribution in [3.8, 4) is 0 Å². The van der Waals surface area contributed by atoms with Gasteiger partial charge in [-0.2, -0.15) is 0 Å². The maximum atomic E-state index is 12.1. The highest BCUT2D eigenvalue weighted by Crippen LogP contribution is 2.36. The number of carbonyl (C=O) groups excluding carboxylic acids is 1. The summed E-state index contributed by atoms with van der Waals surface area (Å²) < 4.78 is 52.2. The van der Waals surface area contributed by atoms with E-state index in [1.54, 1.807) is 0 Å². The van der Waals surface area contributed by atoms with Gasteiger partial charge in [-0.25, -0.2) is 4.79 Å². The van der Waals surface area contributed by atoms with E-state index in [9.17, 15) is 4.79 Å². The summed E-state index contributed by atoms with van der Waals surface area (Å²) in [6.07, 6.45) is 1.32. The van der Waals surface area contributed by atoms with Gasteiger partial charge in [0, 0.05) is 10.3 Å². The van der Waals surface area contributed by atoms with Crippen LogP contribution in [0, 0.1) is 0 Å².